The molecule has 3 heteroatoms. The van der Waals surface area contributed by atoms with Gasteiger partial charge in [-0.15, -0.1) is 11.6 Å². The molecule has 2 nitrogen and oxygen atoms in total. The maximum absolute atomic E-state index is 5.55. The van der Waals surface area contributed by atoms with Crippen molar-refractivity contribution in [3.8, 4) is 0 Å². The number of aromatic amines is 1. The molecule has 2 aromatic rings. The molecule has 0 spiro atoms. The molecule has 0 aliphatic rings. The van der Waals surface area contributed by atoms with Gasteiger partial charge in [-0.3, -0.25) is 0 Å². The van der Waals surface area contributed by atoms with E-state index in [1.54, 1.807) is 18.7 Å². The molecule has 0 atom stereocenters. The second-order valence-electron chi connectivity index (χ2n) is 3.04. The minimum atomic E-state index is 0.759. The van der Waals surface area contributed by atoms with Crippen LogP contribution in [0.5, 0.6) is 0 Å². The van der Waals surface area contributed by atoms with Crippen LogP contribution in [0.25, 0.3) is 0 Å². The van der Waals surface area contributed by atoms with E-state index in [1.165, 1.54) is 5.56 Å². The van der Waals surface area contributed by atoms with Gasteiger partial charge in [0.2, 0.25) is 0 Å². The molecule has 15 heavy (non-hydrogen) atoms. The molecular weight excluding hydrogens is 208 g/mol. The Morgan fingerprint density at radius 1 is 1.20 bits per heavy atom. The second-order valence-corrected chi connectivity index (χ2v) is 3.42. The molecule has 0 bridgehead atoms. The highest BCUT2D eigenvalue weighted by atomic mass is 35.5. The molecule has 0 amide bonds. The van der Waals surface area contributed by atoms with Gasteiger partial charge >= 0.3 is 0 Å². The zero-order chi connectivity index (χ0) is 10.8. The molecule has 0 aliphatic heterocycles. The number of rotatable bonds is 3. The summed E-state index contributed by atoms with van der Waals surface area (Å²) in [4.78, 5) is 6.42. The first-order valence-electron chi connectivity index (χ1n) is 4.96. The fourth-order valence-electron chi connectivity index (χ4n) is 1.13. The minimum Gasteiger partial charge on any atom is -0.351 e. The minimum absolute atomic E-state index is 0.759. The van der Waals surface area contributed by atoms with E-state index in [2.05, 4.69) is 34.2 Å². The standard InChI is InChI=1S/C9H11Cl.C3H4N2/c10-8-4-7-9-5-2-1-3-6-9;1-2-5-3-4-1/h1-3,5-6H,4,7-8H2;1-3H,(H,4,5). The van der Waals surface area contributed by atoms with Crippen molar-refractivity contribution < 1.29 is 0 Å². The van der Waals surface area contributed by atoms with Crippen LogP contribution in [-0.4, -0.2) is 15.8 Å². The number of benzene rings is 1. The van der Waals surface area contributed by atoms with Gasteiger partial charge in [0.15, 0.2) is 0 Å². The number of nitrogens with zero attached hydrogens (tertiary/aromatic N) is 1. The maximum Gasteiger partial charge on any atom is 0.0919 e. The van der Waals surface area contributed by atoms with Gasteiger partial charge in [-0.1, -0.05) is 30.3 Å². The average Bonchev–Trinajstić information content (AvgIpc) is 2.86. The zero-order valence-electron chi connectivity index (χ0n) is 8.57. The first-order chi connectivity index (χ1) is 7.43. The van der Waals surface area contributed by atoms with Gasteiger partial charge in [-0.25, -0.2) is 4.98 Å². The Hall–Kier alpha value is -1.28. The van der Waals surface area contributed by atoms with Crippen LogP contribution >= 0.6 is 11.6 Å². The van der Waals surface area contributed by atoms with E-state index in [-0.39, 0.29) is 0 Å². The molecular formula is C12H15ClN2. The second kappa shape index (κ2) is 8.06. The smallest absolute Gasteiger partial charge is 0.0919 e. The quantitative estimate of drug-likeness (QED) is 0.794. The average molecular weight is 223 g/mol. The van der Waals surface area contributed by atoms with Gasteiger partial charge in [-0.05, 0) is 18.4 Å². The van der Waals surface area contributed by atoms with Crippen LogP contribution in [0.1, 0.15) is 12.0 Å². The zero-order valence-corrected chi connectivity index (χ0v) is 9.32. The molecule has 0 aliphatic carbocycles. The van der Waals surface area contributed by atoms with Crippen LogP contribution < -0.4 is 0 Å². The molecule has 0 unspecified atom stereocenters. The summed E-state index contributed by atoms with van der Waals surface area (Å²) >= 11 is 5.55. The molecule has 1 aromatic heterocycles. The number of imidazole rings is 1. The maximum atomic E-state index is 5.55. The Balaban J connectivity index is 0.000000187. The van der Waals surface area contributed by atoms with E-state index in [0.717, 1.165) is 18.7 Å². The van der Waals surface area contributed by atoms with Crippen LogP contribution in [0.3, 0.4) is 0 Å². The summed E-state index contributed by atoms with van der Waals surface area (Å²) in [5.74, 6) is 0.759. The number of hydrogen-bond acceptors (Lipinski definition) is 1. The van der Waals surface area contributed by atoms with E-state index in [9.17, 15) is 0 Å². The summed E-state index contributed by atoms with van der Waals surface area (Å²) < 4.78 is 0. The van der Waals surface area contributed by atoms with Crippen molar-refractivity contribution in [2.24, 2.45) is 0 Å². The fourth-order valence-corrected chi connectivity index (χ4v) is 1.26. The van der Waals surface area contributed by atoms with E-state index in [4.69, 9.17) is 11.6 Å². The first-order valence-corrected chi connectivity index (χ1v) is 5.49. The number of hydrogen-bond donors (Lipinski definition) is 1. The number of nitrogens with one attached hydrogen (secondary N) is 1. The van der Waals surface area contributed by atoms with Crippen molar-refractivity contribution >= 4 is 11.6 Å². The fraction of sp³-hybridized carbons (Fsp3) is 0.250. The van der Waals surface area contributed by atoms with Gasteiger partial charge in [0, 0.05) is 18.3 Å². The summed E-state index contributed by atoms with van der Waals surface area (Å²) in [6, 6.07) is 10.4. The molecule has 2 rings (SSSR count). The highest BCUT2D eigenvalue weighted by Crippen LogP contribution is 2.02. The van der Waals surface area contributed by atoms with Crippen molar-refractivity contribution in [2.75, 3.05) is 5.88 Å². The molecule has 1 heterocycles. The molecule has 1 N–H and O–H groups in total. The van der Waals surface area contributed by atoms with Crippen molar-refractivity contribution in [2.45, 2.75) is 12.8 Å². The number of aromatic nitrogens is 2. The van der Waals surface area contributed by atoms with Crippen molar-refractivity contribution in [3.05, 3.63) is 54.6 Å². The summed E-state index contributed by atoms with van der Waals surface area (Å²) in [5, 5.41) is 0. The van der Waals surface area contributed by atoms with Crippen LogP contribution in [0.15, 0.2) is 49.1 Å². The van der Waals surface area contributed by atoms with Crippen molar-refractivity contribution in [3.63, 3.8) is 0 Å². The number of aryl methyl sites for hydroxylation is 1. The Bertz CT molecular complexity index is 301. The van der Waals surface area contributed by atoms with Gasteiger partial charge in [0.25, 0.3) is 0 Å². The highest BCUT2D eigenvalue weighted by Gasteiger charge is 1.88. The van der Waals surface area contributed by atoms with E-state index < -0.39 is 0 Å². The topological polar surface area (TPSA) is 28.7 Å². The third kappa shape index (κ3) is 5.92. The number of alkyl halides is 1. The predicted octanol–water partition coefficient (Wildman–Crippen LogP) is 3.27. The highest BCUT2D eigenvalue weighted by molar-refractivity contribution is 6.17. The van der Waals surface area contributed by atoms with Crippen molar-refractivity contribution in [1.29, 1.82) is 0 Å². The molecule has 1 aromatic carbocycles. The van der Waals surface area contributed by atoms with E-state index in [0.29, 0.717) is 0 Å². The molecule has 0 radical (unpaired) electrons. The predicted molar refractivity (Wildman–Crippen MR) is 64.1 cm³/mol. The summed E-state index contributed by atoms with van der Waals surface area (Å²) in [6.45, 7) is 0. The Labute approximate surface area is 95.3 Å². The lowest BCUT2D eigenvalue weighted by molar-refractivity contribution is 0.929. The monoisotopic (exact) mass is 222 g/mol. The number of H-pyrrole nitrogens is 1. The molecule has 80 valence electrons. The van der Waals surface area contributed by atoms with Crippen LogP contribution in [0.2, 0.25) is 0 Å². The van der Waals surface area contributed by atoms with Gasteiger partial charge < -0.3 is 4.98 Å². The summed E-state index contributed by atoms with van der Waals surface area (Å²) in [7, 11) is 0. The lowest BCUT2D eigenvalue weighted by Gasteiger charge is -1.95. The Morgan fingerprint density at radius 2 is 2.00 bits per heavy atom. The Morgan fingerprint density at radius 3 is 2.47 bits per heavy atom. The lowest BCUT2D eigenvalue weighted by atomic mass is 10.1. The van der Waals surface area contributed by atoms with Crippen LogP contribution in [0.4, 0.5) is 0 Å². The van der Waals surface area contributed by atoms with E-state index in [1.807, 2.05) is 6.07 Å². The van der Waals surface area contributed by atoms with Gasteiger partial charge in [0.1, 0.15) is 0 Å². The normalized spacial score (nSPS) is 9.13. The van der Waals surface area contributed by atoms with Crippen LogP contribution in [0, 0.1) is 0 Å². The molecule has 0 fully saturated rings. The van der Waals surface area contributed by atoms with E-state index >= 15 is 0 Å². The Kier molecular flexibility index (Phi) is 6.34. The number of halogens is 1. The SMILES string of the molecule is ClCCCc1ccccc1.c1c[nH]cn1. The summed E-state index contributed by atoms with van der Waals surface area (Å²) in [6.07, 6.45) is 7.26. The largest absolute Gasteiger partial charge is 0.351 e. The first kappa shape index (κ1) is 11.8. The third-order valence-corrected chi connectivity index (χ3v) is 2.12. The lowest BCUT2D eigenvalue weighted by Crippen LogP contribution is -1.83. The van der Waals surface area contributed by atoms with Gasteiger partial charge in [0.05, 0.1) is 6.33 Å². The molecule has 0 saturated carbocycles. The molecule has 0 saturated heterocycles. The van der Waals surface area contributed by atoms with Gasteiger partial charge in [-0.2, -0.15) is 0 Å². The summed E-state index contributed by atoms with van der Waals surface area (Å²) in [5.41, 5.74) is 1.38. The van der Waals surface area contributed by atoms with Crippen LogP contribution in [-0.2, 0) is 6.42 Å². The third-order valence-electron chi connectivity index (χ3n) is 1.85. The van der Waals surface area contributed by atoms with Crippen molar-refractivity contribution in [1.82, 2.24) is 9.97 Å².